The number of carbonyl (C=O) groups is 1. The van der Waals surface area contributed by atoms with Crippen LogP contribution in [0.2, 0.25) is 0 Å². The van der Waals surface area contributed by atoms with E-state index in [0.717, 1.165) is 25.3 Å². The summed E-state index contributed by atoms with van der Waals surface area (Å²) >= 11 is 0. The molecule has 0 atom stereocenters. The second-order valence-electron chi connectivity index (χ2n) is 3.93. The Kier molecular flexibility index (Phi) is 3.41. The van der Waals surface area contributed by atoms with E-state index in [9.17, 15) is 4.79 Å². The van der Waals surface area contributed by atoms with Gasteiger partial charge in [0.2, 0.25) is 5.91 Å². The van der Waals surface area contributed by atoms with Crippen molar-refractivity contribution in [3.05, 3.63) is 29.8 Å². The van der Waals surface area contributed by atoms with Crippen LogP contribution in [0.1, 0.15) is 5.56 Å². The highest BCUT2D eigenvalue weighted by Gasteiger charge is 2.18. The summed E-state index contributed by atoms with van der Waals surface area (Å²) in [4.78, 5) is 13.5. The van der Waals surface area contributed by atoms with Gasteiger partial charge in [0.1, 0.15) is 0 Å². The van der Waals surface area contributed by atoms with Gasteiger partial charge in [0.15, 0.2) is 0 Å². The molecule has 0 bridgehead atoms. The molecule has 86 valence electrons. The maximum Gasteiger partial charge on any atom is 0.239 e. The lowest BCUT2D eigenvalue weighted by atomic mass is 10.1. The molecule has 2 N–H and O–H groups in total. The molecule has 0 radical (unpaired) electrons. The van der Waals surface area contributed by atoms with Gasteiger partial charge in [0, 0.05) is 25.3 Å². The van der Waals surface area contributed by atoms with Gasteiger partial charge >= 0.3 is 0 Å². The van der Waals surface area contributed by atoms with Gasteiger partial charge in [-0.2, -0.15) is 0 Å². The number of hydrogen-bond donors (Lipinski definition) is 2. The maximum atomic E-state index is 11.3. The van der Waals surface area contributed by atoms with E-state index in [4.69, 9.17) is 0 Å². The second-order valence-corrected chi connectivity index (χ2v) is 3.93. The highest BCUT2D eigenvalue weighted by atomic mass is 16.2. The summed E-state index contributed by atoms with van der Waals surface area (Å²) in [6.45, 7) is 2.90. The van der Waals surface area contributed by atoms with Crippen molar-refractivity contribution in [1.29, 1.82) is 0 Å². The number of rotatable bonds is 3. The van der Waals surface area contributed by atoms with Crippen molar-refractivity contribution in [2.75, 3.05) is 31.6 Å². The number of hydrogen-bond acceptors (Lipinski definition) is 3. The second kappa shape index (κ2) is 4.99. The number of anilines is 1. The third-order valence-corrected chi connectivity index (χ3v) is 2.74. The van der Waals surface area contributed by atoms with Crippen LogP contribution in [0.5, 0.6) is 0 Å². The minimum Gasteiger partial charge on any atom is -0.360 e. The van der Waals surface area contributed by atoms with E-state index >= 15 is 0 Å². The molecule has 0 saturated carbocycles. The molecule has 1 fully saturated rings. The smallest absolute Gasteiger partial charge is 0.239 e. The highest BCUT2D eigenvalue weighted by Crippen LogP contribution is 2.20. The number of nitrogens with zero attached hydrogens (tertiary/aromatic N) is 1. The average Bonchev–Trinajstić information content (AvgIpc) is 2.30. The molecule has 0 unspecified atom stereocenters. The van der Waals surface area contributed by atoms with Crippen LogP contribution in [0.4, 0.5) is 5.69 Å². The van der Waals surface area contributed by atoms with Gasteiger partial charge in [-0.3, -0.25) is 4.79 Å². The first-order valence-corrected chi connectivity index (χ1v) is 5.55. The number of carbonyl (C=O) groups excluding carboxylic acids is 1. The number of piperazine rings is 1. The molecule has 1 heterocycles. The minimum absolute atomic E-state index is 0.102. The normalized spacial score (nSPS) is 16.1. The van der Waals surface area contributed by atoms with Gasteiger partial charge in [0.05, 0.1) is 6.54 Å². The zero-order chi connectivity index (χ0) is 11.4. The monoisotopic (exact) mass is 219 g/mol. The number of benzene rings is 1. The van der Waals surface area contributed by atoms with Crippen LogP contribution in [-0.2, 0) is 11.3 Å². The van der Waals surface area contributed by atoms with Crippen molar-refractivity contribution in [2.45, 2.75) is 6.54 Å². The molecule has 1 aliphatic heterocycles. The van der Waals surface area contributed by atoms with Crippen molar-refractivity contribution in [2.24, 2.45) is 0 Å². The zero-order valence-corrected chi connectivity index (χ0v) is 9.49. The van der Waals surface area contributed by atoms with Gasteiger partial charge in [-0.05, 0) is 18.7 Å². The lowest BCUT2D eigenvalue weighted by Gasteiger charge is -2.30. The Morgan fingerprint density at radius 3 is 3.00 bits per heavy atom. The molecule has 16 heavy (non-hydrogen) atoms. The molecule has 4 heteroatoms. The molecule has 0 aromatic heterocycles. The van der Waals surface area contributed by atoms with Crippen LogP contribution >= 0.6 is 0 Å². The molecule has 4 nitrogen and oxygen atoms in total. The predicted molar refractivity (Wildman–Crippen MR) is 64.4 cm³/mol. The van der Waals surface area contributed by atoms with Crippen LogP contribution in [0.15, 0.2) is 24.3 Å². The van der Waals surface area contributed by atoms with E-state index in [1.165, 1.54) is 5.56 Å². The summed E-state index contributed by atoms with van der Waals surface area (Å²) in [7, 11) is 1.93. The van der Waals surface area contributed by atoms with Crippen molar-refractivity contribution in [3.63, 3.8) is 0 Å². The first-order chi connectivity index (χ1) is 7.81. The van der Waals surface area contributed by atoms with E-state index in [2.05, 4.69) is 27.7 Å². The Balaban J connectivity index is 2.21. The maximum absolute atomic E-state index is 11.3. The van der Waals surface area contributed by atoms with Crippen LogP contribution in [0.3, 0.4) is 0 Å². The van der Waals surface area contributed by atoms with Gasteiger partial charge < -0.3 is 15.5 Å². The molecule has 0 spiro atoms. The number of nitrogens with one attached hydrogen (secondary N) is 2. The van der Waals surface area contributed by atoms with Crippen molar-refractivity contribution in [3.8, 4) is 0 Å². The summed E-state index contributed by atoms with van der Waals surface area (Å²) in [6, 6.07) is 8.21. The lowest BCUT2D eigenvalue weighted by molar-refractivity contribution is -0.120. The SMILES string of the molecule is CNCc1ccccc1N1CCNC(=O)C1. The van der Waals surface area contributed by atoms with Crippen molar-refractivity contribution >= 4 is 11.6 Å². The van der Waals surface area contributed by atoms with E-state index in [-0.39, 0.29) is 5.91 Å². The van der Waals surface area contributed by atoms with Crippen LogP contribution in [-0.4, -0.2) is 32.6 Å². The van der Waals surface area contributed by atoms with Crippen LogP contribution in [0.25, 0.3) is 0 Å². The lowest BCUT2D eigenvalue weighted by Crippen LogP contribution is -2.48. The summed E-state index contributed by atoms with van der Waals surface area (Å²) in [6.07, 6.45) is 0. The van der Waals surface area contributed by atoms with Crippen LogP contribution < -0.4 is 15.5 Å². The Morgan fingerprint density at radius 2 is 2.25 bits per heavy atom. The Bertz CT molecular complexity index is 378. The molecular weight excluding hydrogens is 202 g/mol. The number of para-hydroxylation sites is 1. The van der Waals surface area contributed by atoms with Gasteiger partial charge in [-0.1, -0.05) is 18.2 Å². The fourth-order valence-corrected chi connectivity index (χ4v) is 2.00. The Hall–Kier alpha value is -1.55. The fraction of sp³-hybridized carbons (Fsp3) is 0.417. The summed E-state index contributed by atoms with van der Waals surface area (Å²) in [5, 5.41) is 5.98. The zero-order valence-electron chi connectivity index (χ0n) is 9.49. The molecular formula is C12H17N3O. The third-order valence-electron chi connectivity index (χ3n) is 2.74. The van der Waals surface area contributed by atoms with Crippen molar-refractivity contribution < 1.29 is 4.79 Å². The first kappa shape index (κ1) is 11.0. The summed E-state index contributed by atoms with van der Waals surface area (Å²) in [5.74, 6) is 0.102. The quantitative estimate of drug-likeness (QED) is 0.770. The molecule has 1 saturated heterocycles. The van der Waals surface area contributed by atoms with Crippen molar-refractivity contribution in [1.82, 2.24) is 10.6 Å². The van der Waals surface area contributed by atoms with E-state index < -0.39 is 0 Å². The van der Waals surface area contributed by atoms with E-state index in [1.54, 1.807) is 0 Å². The predicted octanol–water partition coefficient (Wildman–Crippen LogP) is 0.342. The highest BCUT2D eigenvalue weighted by molar-refractivity contribution is 5.83. The molecule has 0 aliphatic carbocycles. The standard InChI is InChI=1S/C12H17N3O/c1-13-8-10-4-2-3-5-11(10)15-7-6-14-12(16)9-15/h2-5,13H,6-9H2,1H3,(H,14,16). The van der Waals surface area contributed by atoms with Crippen LogP contribution in [0, 0.1) is 0 Å². The largest absolute Gasteiger partial charge is 0.360 e. The average molecular weight is 219 g/mol. The Labute approximate surface area is 95.6 Å². The van der Waals surface area contributed by atoms with Gasteiger partial charge in [0.25, 0.3) is 0 Å². The first-order valence-electron chi connectivity index (χ1n) is 5.55. The molecule has 1 amide bonds. The van der Waals surface area contributed by atoms with E-state index in [0.29, 0.717) is 6.54 Å². The third kappa shape index (κ3) is 2.33. The topological polar surface area (TPSA) is 44.4 Å². The molecule has 1 aromatic rings. The minimum atomic E-state index is 0.102. The number of amides is 1. The summed E-state index contributed by atoms with van der Waals surface area (Å²) in [5.41, 5.74) is 2.39. The molecule has 1 aromatic carbocycles. The Morgan fingerprint density at radius 1 is 1.44 bits per heavy atom. The van der Waals surface area contributed by atoms with Gasteiger partial charge in [-0.25, -0.2) is 0 Å². The fourth-order valence-electron chi connectivity index (χ4n) is 2.00. The van der Waals surface area contributed by atoms with E-state index in [1.807, 2.05) is 19.2 Å². The molecule has 1 aliphatic rings. The van der Waals surface area contributed by atoms with Gasteiger partial charge in [-0.15, -0.1) is 0 Å². The molecule has 2 rings (SSSR count). The summed E-state index contributed by atoms with van der Waals surface area (Å²) < 4.78 is 0.